The fraction of sp³-hybridized carbons (Fsp3) is 0.217. The summed E-state index contributed by atoms with van der Waals surface area (Å²) in [5.74, 6) is 2.31. The van der Waals surface area contributed by atoms with Gasteiger partial charge >= 0.3 is 0 Å². The predicted molar refractivity (Wildman–Crippen MR) is 120 cm³/mol. The second-order valence-electron chi connectivity index (χ2n) is 6.96. The van der Waals surface area contributed by atoms with Gasteiger partial charge in [0.25, 0.3) is 5.91 Å². The van der Waals surface area contributed by atoms with Crippen LogP contribution in [-0.4, -0.2) is 32.5 Å². The maximum atomic E-state index is 12.9. The van der Waals surface area contributed by atoms with Crippen LogP contribution < -0.4 is 10.1 Å². The number of carbonyl (C=O) groups excluding carboxylic acids is 1. The topological polar surface area (TPSA) is 105 Å². The first-order valence-electron chi connectivity index (χ1n) is 9.99. The van der Waals surface area contributed by atoms with Gasteiger partial charge in [-0.1, -0.05) is 18.2 Å². The molecule has 0 bridgehead atoms. The van der Waals surface area contributed by atoms with Crippen LogP contribution in [0.25, 0.3) is 5.65 Å². The summed E-state index contributed by atoms with van der Waals surface area (Å²) in [4.78, 5) is 12.9. The van der Waals surface area contributed by atoms with Gasteiger partial charge in [-0.2, -0.15) is 17.0 Å². The number of rotatable bonds is 9. The van der Waals surface area contributed by atoms with Crippen LogP contribution in [0.15, 0.2) is 65.2 Å². The smallest absolute Gasteiger partial charge is 0.287 e. The van der Waals surface area contributed by atoms with E-state index in [1.54, 1.807) is 48.2 Å². The summed E-state index contributed by atoms with van der Waals surface area (Å²) in [6, 6.07) is 17.7. The number of pyridine rings is 1. The number of ether oxygens (including phenoxy) is 1. The number of furan rings is 1. The lowest BCUT2D eigenvalue weighted by Gasteiger charge is -2.16. The Kier molecular flexibility index (Phi) is 6.72. The molecule has 9 heteroatoms. The molecule has 4 aromatic rings. The number of thioether (sulfide) groups is 1. The Labute approximate surface area is 189 Å². The third-order valence-electron chi connectivity index (χ3n) is 4.83. The van der Waals surface area contributed by atoms with Crippen molar-refractivity contribution in [3.63, 3.8) is 0 Å². The van der Waals surface area contributed by atoms with Gasteiger partial charge in [0.2, 0.25) is 0 Å². The number of nitriles is 1. The first kappa shape index (κ1) is 21.5. The molecule has 0 aliphatic rings. The Bertz CT molecular complexity index is 1260. The van der Waals surface area contributed by atoms with Crippen molar-refractivity contribution in [2.75, 3.05) is 12.0 Å². The fourth-order valence-corrected chi connectivity index (χ4v) is 3.71. The third kappa shape index (κ3) is 4.76. The summed E-state index contributed by atoms with van der Waals surface area (Å²) in [5.41, 5.74) is 1.16. The van der Waals surface area contributed by atoms with Crippen molar-refractivity contribution < 1.29 is 13.9 Å². The van der Waals surface area contributed by atoms with E-state index >= 15 is 0 Å². The van der Waals surface area contributed by atoms with Crippen molar-refractivity contribution in [1.82, 2.24) is 19.9 Å². The lowest BCUT2D eigenvalue weighted by molar-refractivity contribution is 0.0901. The van der Waals surface area contributed by atoms with Crippen molar-refractivity contribution in [3.8, 4) is 11.8 Å². The van der Waals surface area contributed by atoms with Crippen LogP contribution in [-0.2, 0) is 6.61 Å². The maximum Gasteiger partial charge on any atom is 0.287 e. The standard InChI is InChI=1S/C23H21N5O3S/c1-32-13-11-18(22-27-26-21-8-4-5-12-28(21)22)25-23(29)20-10-9-17(31-20)15-30-19-7-3-2-6-16(19)14-24/h2-10,12,18H,11,13,15H2,1H3,(H,25,29). The summed E-state index contributed by atoms with van der Waals surface area (Å²) in [6.45, 7) is 0.108. The molecule has 0 aliphatic heterocycles. The Morgan fingerprint density at radius 1 is 1.22 bits per heavy atom. The molecule has 0 fully saturated rings. The normalized spacial score (nSPS) is 11.8. The molecule has 32 heavy (non-hydrogen) atoms. The van der Waals surface area contributed by atoms with E-state index in [2.05, 4.69) is 21.6 Å². The first-order chi connectivity index (χ1) is 15.7. The molecule has 0 spiro atoms. The van der Waals surface area contributed by atoms with Crippen LogP contribution in [0.4, 0.5) is 0 Å². The molecule has 3 aromatic heterocycles. The number of benzene rings is 1. The fourth-order valence-electron chi connectivity index (χ4n) is 3.24. The van der Waals surface area contributed by atoms with E-state index in [1.165, 1.54) is 0 Å². The van der Waals surface area contributed by atoms with Gasteiger partial charge in [-0.15, -0.1) is 10.2 Å². The second kappa shape index (κ2) is 10.0. The van der Waals surface area contributed by atoms with Gasteiger partial charge in [-0.25, -0.2) is 0 Å². The summed E-state index contributed by atoms with van der Waals surface area (Å²) < 4.78 is 13.2. The van der Waals surface area contributed by atoms with Crippen LogP contribution >= 0.6 is 11.8 Å². The minimum Gasteiger partial charge on any atom is -0.484 e. The van der Waals surface area contributed by atoms with Crippen molar-refractivity contribution in [3.05, 3.63) is 83.7 Å². The summed E-state index contributed by atoms with van der Waals surface area (Å²) >= 11 is 1.70. The van der Waals surface area contributed by atoms with Crippen molar-refractivity contribution in [2.24, 2.45) is 0 Å². The molecular weight excluding hydrogens is 426 g/mol. The molecule has 1 aromatic carbocycles. The third-order valence-corrected chi connectivity index (χ3v) is 5.47. The highest BCUT2D eigenvalue weighted by molar-refractivity contribution is 7.98. The van der Waals surface area contributed by atoms with Gasteiger partial charge < -0.3 is 14.5 Å². The number of hydrogen-bond acceptors (Lipinski definition) is 7. The monoisotopic (exact) mass is 447 g/mol. The Balaban J connectivity index is 1.46. The van der Waals surface area contributed by atoms with E-state index in [0.717, 1.165) is 11.4 Å². The Morgan fingerprint density at radius 2 is 2.06 bits per heavy atom. The molecule has 0 saturated heterocycles. The Morgan fingerprint density at radius 3 is 2.91 bits per heavy atom. The van der Waals surface area contributed by atoms with E-state index < -0.39 is 0 Å². The zero-order chi connectivity index (χ0) is 22.3. The van der Waals surface area contributed by atoms with Gasteiger partial charge in [0.1, 0.15) is 24.2 Å². The number of nitrogens with one attached hydrogen (secondary N) is 1. The highest BCUT2D eigenvalue weighted by Gasteiger charge is 2.22. The summed E-state index contributed by atoms with van der Waals surface area (Å²) in [6.07, 6.45) is 4.60. The number of amides is 1. The van der Waals surface area contributed by atoms with E-state index in [9.17, 15) is 4.79 Å². The second-order valence-corrected chi connectivity index (χ2v) is 7.94. The summed E-state index contributed by atoms with van der Waals surface area (Å²) in [5, 5.41) is 20.7. The molecule has 0 aliphatic carbocycles. The minimum atomic E-state index is -0.340. The lowest BCUT2D eigenvalue weighted by Crippen LogP contribution is -2.30. The highest BCUT2D eigenvalue weighted by Crippen LogP contribution is 2.21. The molecule has 1 amide bonds. The average Bonchev–Trinajstić information content (AvgIpc) is 3.48. The summed E-state index contributed by atoms with van der Waals surface area (Å²) in [7, 11) is 0. The van der Waals surface area contributed by atoms with Crippen molar-refractivity contribution >= 4 is 23.3 Å². The van der Waals surface area contributed by atoms with Crippen LogP contribution in [0.2, 0.25) is 0 Å². The predicted octanol–water partition coefficient (Wildman–Crippen LogP) is 4.00. The molecule has 3 heterocycles. The molecule has 8 nitrogen and oxygen atoms in total. The largest absolute Gasteiger partial charge is 0.484 e. The number of hydrogen-bond donors (Lipinski definition) is 1. The van der Waals surface area contributed by atoms with Crippen molar-refractivity contribution in [2.45, 2.75) is 19.1 Å². The van der Waals surface area contributed by atoms with Gasteiger partial charge in [0.05, 0.1) is 11.6 Å². The first-order valence-corrected chi connectivity index (χ1v) is 11.4. The van der Waals surface area contributed by atoms with Crippen LogP contribution in [0, 0.1) is 11.3 Å². The number of aromatic nitrogens is 3. The van der Waals surface area contributed by atoms with Gasteiger partial charge in [0, 0.05) is 6.20 Å². The SMILES string of the molecule is CSCCC(NC(=O)c1ccc(COc2ccccc2C#N)o1)c1nnc2ccccn12. The van der Waals surface area contributed by atoms with Crippen LogP contribution in [0.1, 0.15) is 40.2 Å². The number of para-hydroxylation sites is 1. The molecule has 0 radical (unpaired) electrons. The van der Waals surface area contributed by atoms with Crippen molar-refractivity contribution in [1.29, 1.82) is 5.26 Å². The lowest BCUT2D eigenvalue weighted by atomic mass is 10.2. The van der Waals surface area contributed by atoms with E-state index in [-0.39, 0.29) is 24.3 Å². The molecule has 1 unspecified atom stereocenters. The van der Waals surface area contributed by atoms with Gasteiger partial charge in [-0.3, -0.25) is 9.20 Å². The minimum absolute atomic E-state index is 0.108. The van der Waals surface area contributed by atoms with Gasteiger partial charge in [0.15, 0.2) is 17.2 Å². The number of fused-ring (bicyclic) bond motifs is 1. The number of carbonyl (C=O) groups is 1. The van der Waals surface area contributed by atoms with E-state index in [1.807, 2.05) is 35.1 Å². The molecule has 4 rings (SSSR count). The number of nitrogens with zero attached hydrogens (tertiary/aromatic N) is 4. The maximum absolute atomic E-state index is 12.9. The molecule has 1 N–H and O–H groups in total. The molecule has 0 saturated carbocycles. The highest BCUT2D eigenvalue weighted by atomic mass is 32.2. The van der Waals surface area contributed by atoms with E-state index in [4.69, 9.17) is 14.4 Å². The quantitative estimate of drug-likeness (QED) is 0.413. The van der Waals surface area contributed by atoms with Crippen LogP contribution in [0.3, 0.4) is 0 Å². The molecule has 1 atom stereocenters. The Hall–Kier alpha value is -3.77. The molecule has 162 valence electrons. The zero-order valence-electron chi connectivity index (χ0n) is 17.4. The zero-order valence-corrected chi connectivity index (χ0v) is 18.2. The van der Waals surface area contributed by atoms with Gasteiger partial charge in [-0.05, 0) is 54.8 Å². The molecular formula is C23H21N5O3S. The van der Waals surface area contributed by atoms with E-state index in [0.29, 0.717) is 29.3 Å². The average molecular weight is 448 g/mol. The van der Waals surface area contributed by atoms with Crippen LogP contribution in [0.5, 0.6) is 5.75 Å².